The third kappa shape index (κ3) is 4.95. The molecule has 0 aliphatic heterocycles. The Morgan fingerprint density at radius 1 is 1.12 bits per heavy atom. The fraction of sp³-hybridized carbons (Fsp3) is 0.793. The van der Waals surface area contributed by atoms with E-state index < -0.39 is 5.79 Å². The van der Waals surface area contributed by atoms with Crippen LogP contribution in [0.4, 0.5) is 0 Å². The van der Waals surface area contributed by atoms with Gasteiger partial charge in [0.25, 0.3) is 0 Å². The normalized spacial score (nSPS) is 40.8. The van der Waals surface area contributed by atoms with Gasteiger partial charge >= 0.3 is 0 Å². The highest BCUT2D eigenvalue weighted by molar-refractivity contribution is 5.38. The van der Waals surface area contributed by atoms with E-state index in [0.29, 0.717) is 24.7 Å². The van der Waals surface area contributed by atoms with Crippen LogP contribution in [0, 0.1) is 40.9 Å². The van der Waals surface area contributed by atoms with Crippen molar-refractivity contribution >= 4 is 0 Å². The van der Waals surface area contributed by atoms with E-state index in [1.165, 1.54) is 12.0 Å². The van der Waals surface area contributed by atoms with Crippen LogP contribution in [0.15, 0.2) is 35.5 Å². The van der Waals surface area contributed by atoms with Gasteiger partial charge in [-0.25, -0.2) is 0 Å². The lowest BCUT2D eigenvalue weighted by atomic mass is 9.60. The van der Waals surface area contributed by atoms with Crippen molar-refractivity contribution in [1.29, 1.82) is 0 Å². The molecule has 3 saturated carbocycles. The molecule has 0 amide bonds. The molecule has 182 valence electrons. The quantitative estimate of drug-likeness (QED) is 0.415. The molecule has 0 aromatic rings. The molecule has 0 heterocycles. The van der Waals surface area contributed by atoms with Crippen LogP contribution in [0.5, 0.6) is 0 Å². The predicted molar refractivity (Wildman–Crippen MR) is 133 cm³/mol. The Morgan fingerprint density at radius 3 is 2.47 bits per heavy atom. The van der Waals surface area contributed by atoms with Crippen molar-refractivity contribution in [2.75, 3.05) is 0 Å². The van der Waals surface area contributed by atoms with Crippen molar-refractivity contribution in [3.63, 3.8) is 0 Å². The molecular formula is C29H48O3. The number of fused-ring (bicyclic) bond motifs is 1. The zero-order valence-corrected chi connectivity index (χ0v) is 21.4. The summed E-state index contributed by atoms with van der Waals surface area (Å²) in [5, 5.41) is 32.8. The summed E-state index contributed by atoms with van der Waals surface area (Å²) in [6, 6.07) is 0. The number of rotatable bonds is 6. The van der Waals surface area contributed by atoms with Gasteiger partial charge in [-0.15, -0.1) is 0 Å². The van der Waals surface area contributed by atoms with Crippen molar-refractivity contribution in [2.24, 2.45) is 40.9 Å². The minimum atomic E-state index is -1.60. The molecular weight excluding hydrogens is 396 g/mol. The van der Waals surface area contributed by atoms with Gasteiger partial charge in [-0.05, 0) is 71.8 Å². The fourth-order valence-electron chi connectivity index (χ4n) is 7.33. The van der Waals surface area contributed by atoms with Crippen LogP contribution >= 0.6 is 0 Å². The number of aliphatic hydroxyl groups is 3. The summed E-state index contributed by atoms with van der Waals surface area (Å²) < 4.78 is 0. The van der Waals surface area contributed by atoms with E-state index in [1.54, 1.807) is 0 Å². The van der Waals surface area contributed by atoms with Crippen molar-refractivity contribution in [3.05, 3.63) is 35.5 Å². The first-order valence-electron chi connectivity index (χ1n) is 13.1. The molecule has 3 N–H and O–H groups in total. The monoisotopic (exact) mass is 444 g/mol. The van der Waals surface area contributed by atoms with Crippen LogP contribution in [-0.4, -0.2) is 27.2 Å². The molecule has 0 bridgehead atoms. The largest absolute Gasteiger partial charge is 0.392 e. The molecule has 0 radical (unpaired) electrons. The van der Waals surface area contributed by atoms with Crippen LogP contribution in [-0.2, 0) is 0 Å². The first kappa shape index (κ1) is 25.7. The summed E-state index contributed by atoms with van der Waals surface area (Å²) in [5.41, 5.74) is 3.57. The summed E-state index contributed by atoms with van der Waals surface area (Å²) in [6.45, 7) is 17.6. The van der Waals surface area contributed by atoms with Crippen LogP contribution < -0.4 is 0 Å². The van der Waals surface area contributed by atoms with Gasteiger partial charge < -0.3 is 15.3 Å². The van der Waals surface area contributed by atoms with E-state index in [-0.39, 0.29) is 35.2 Å². The Morgan fingerprint density at radius 2 is 1.81 bits per heavy atom. The molecule has 3 nitrogen and oxygen atoms in total. The van der Waals surface area contributed by atoms with Crippen molar-refractivity contribution in [3.8, 4) is 0 Å². The van der Waals surface area contributed by atoms with Crippen LogP contribution in [0.3, 0.4) is 0 Å². The zero-order chi connectivity index (χ0) is 23.8. The molecule has 0 aromatic carbocycles. The smallest absolute Gasteiger partial charge is 0.166 e. The summed E-state index contributed by atoms with van der Waals surface area (Å²) in [7, 11) is 0. The first-order chi connectivity index (χ1) is 14.9. The van der Waals surface area contributed by atoms with Gasteiger partial charge in [0, 0.05) is 12.3 Å². The molecule has 3 fully saturated rings. The molecule has 3 aliphatic carbocycles. The van der Waals surface area contributed by atoms with E-state index in [9.17, 15) is 15.3 Å². The molecule has 7 atom stereocenters. The average Bonchev–Trinajstić information content (AvgIpc) is 2.92. The highest BCUT2D eigenvalue weighted by Crippen LogP contribution is 2.62. The lowest BCUT2D eigenvalue weighted by molar-refractivity contribution is -0.210. The van der Waals surface area contributed by atoms with Crippen molar-refractivity contribution in [2.45, 2.75) is 105 Å². The average molecular weight is 445 g/mol. The number of aliphatic hydroxyl groups excluding tert-OH is 1. The van der Waals surface area contributed by atoms with E-state index in [4.69, 9.17) is 0 Å². The van der Waals surface area contributed by atoms with Gasteiger partial charge in [-0.1, -0.05) is 85.1 Å². The summed E-state index contributed by atoms with van der Waals surface area (Å²) in [6.07, 6.45) is 11.8. The molecule has 0 saturated heterocycles. The molecule has 0 spiro atoms. The number of hydrogen-bond donors (Lipinski definition) is 3. The van der Waals surface area contributed by atoms with E-state index in [2.05, 4.69) is 60.3 Å². The highest BCUT2D eigenvalue weighted by Gasteiger charge is 2.61. The third-order valence-electron chi connectivity index (χ3n) is 9.43. The maximum absolute atomic E-state index is 11.2. The van der Waals surface area contributed by atoms with Gasteiger partial charge in [0.1, 0.15) is 0 Å². The van der Waals surface area contributed by atoms with Gasteiger partial charge in [-0.2, -0.15) is 0 Å². The molecule has 32 heavy (non-hydrogen) atoms. The minimum absolute atomic E-state index is 0.0752. The van der Waals surface area contributed by atoms with E-state index in [0.717, 1.165) is 43.3 Å². The first-order valence-corrected chi connectivity index (χ1v) is 13.1. The molecule has 2 unspecified atom stereocenters. The summed E-state index contributed by atoms with van der Waals surface area (Å²) in [5.74, 6) is 0.0364. The van der Waals surface area contributed by atoms with Gasteiger partial charge in [0.05, 0.1) is 6.10 Å². The number of hydrogen-bond acceptors (Lipinski definition) is 3. The molecule has 3 heteroatoms. The van der Waals surface area contributed by atoms with Gasteiger partial charge in [-0.3, -0.25) is 0 Å². The van der Waals surface area contributed by atoms with E-state index in [1.807, 2.05) is 0 Å². The number of allylic oxidation sites excluding steroid dienone is 4. The zero-order valence-electron chi connectivity index (χ0n) is 21.4. The lowest BCUT2D eigenvalue weighted by Crippen LogP contribution is -2.44. The predicted octanol–water partition coefficient (Wildman–Crippen LogP) is 6.40. The fourth-order valence-corrected chi connectivity index (χ4v) is 7.33. The van der Waals surface area contributed by atoms with Crippen LogP contribution in [0.1, 0.15) is 92.9 Å². The van der Waals surface area contributed by atoms with Crippen LogP contribution in [0.25, 0.3) is 0 Å². The summed E-state index contributed by atoms with van der Waals surface area (Å²) in [4.78, 5) is 0. The molecule has 3 rings (SSSR count). The molecule has 3 aliphatic rings. The summed E-state index contributed by atoms with van der Waals surface area (Å²) >= 11 is 0. The second-order valence-corrected chi connectivity index (χ2v) is 12.2. The Hall–Kier alpha value is -0.900. The standard InChI is InChI=1S/C29H48O3/c1-18(2)10-8-11-19(3)27-28(7)15-9-12-23(25(28)17-29(27,31)32)13-14-24-16-26(30)22(6)20(4)21(24)5/h13-14,18-20,22,25-27,30-32H,5,8-12,15-17H2,1-4,6-7H3/b23-13+,24-14+/t19-,20?,22?,25+,26+,27-,28-/m1/s1. The maximum atomic E-state index is 11.2. The topological polar surface area (TPSA) is 60.7 Å². The van der Waals surface area contributed by atoms with Gasteiger partial charge in [0.15, 0.2) is 5.79 Å². The Kier molecular flexibility index (Phi) is 7.85. The minimum Gasteiger partial charge on any atom is -0.392 e. The van der Waals surface area contributed by atoms with Gasteiger partial charge in [0.2, 0.25) is 0 Å². The second-order valence-electron chi connectivity index (χ2n) is 12.2. The highest BCUT2D eigenvalue weighted by atomic mass is 16.5. The van der Waals surface area contributed by atoms with Crippen molar-refractivity contribution in [1.82, 2.24) is 0 Å². The van der Waals surface area contributed by atoms with E-state index >= 15 is 0 Å². The lowest BCUT2D eigenvalue weighted by Gasteiger charge is -2.45. The van der Waals surface area contributed by atoms with Crippen molar-refractivity contribution < 1.29 is 15.3 Å². The maximum Gasteiger partial charge on any atom is 0.166 e. The second kappa shape index (κ2) is 9.76. The molecule has 0 aromatic heterocycles. The Bertz CT molecular complexity index is 746. The Balaban J connectivity index is 1.83. The van der Waals surface area contributed by atoms with Crippen LogP contribution in [0.2, 0.25) is 0 Å². The Labute approximate surface area is 196 Å². The SMILES string of the molecule is C=C1/C(=C/C=C2\CCC[C@]3(C)[C@H]2CC(O)(O)[C@@H]3[C@H](C)CCCC(C)C)C[C@H](O)C(C)C1C. The third-order valence-corrected chi connectivity index (χ3v) is 9.43.